The molecule has 0 saturated carbocycles. The third kappa shape index (κ3) is 2.21. The maximum absolute atomic E-state index is 9.78. The number of hydrogen-bond acceptors (Lipinski definition) is 2. The number of fused-ring (bicyclic) bond motifs is 1. The van der Waals surface area contributed by atoms with Gasteiger partial charge in [0.2, 0.25) is 0 Å². The van der Waals surface area contributed by atoms with Crippen LogP contribution in [0, 0.1) is 6.92 Å². The zero-order valence-corrected chi connectivity index (χ0v) is 11.7. The smallest absolute Gasteiger partial charge is 0.141 e. The molecule has 3 heteroatoms. The molecule has 0 spiro atoms. The minimum Gasteiger partial charge on any atom is -0.392 e. The second-order valence-corrected chi connectivity index (χ2v) is 5.20. The average Bonchev–Trinajstić information content (AvgIpc) is 2.78. The number of hydrogen-bond donors (Lipinski definition) is 1. The zero-order valence-electron chi connectivity index (χ0n) is 11.7. The molecule has 0 fully saturated rings. The Morgan fingerprint density at radius 3 is 2.55 bits per heavy atom. The molecule has 102 valence electrons. The third-order valence-electron chi connectivity index (χ3n) is 3.49. The molecule has 0 aliphatic rings. The first-order valence-electron chi connectivity index (χ1n) is 6.86. The summed E-state index contributed by atoms with van der Waals surface area (Å²) >= 11 is 0. The average molecular weight is 266 g/mol. The van der Waals surface area contributed by atoms with Crippen LogP contribution in [-0.2, 0) is 6.54 Å². The SMILES string of the molecule is Cc1ccccc1-c1nc2ccccc2n1CC(C)O. The molecule has 1 aromatic heterocycles. The van der Waals surface area contributed by atoms with E-state index >= 15 is 0 Å². The number of nitrogens with zero attached hydrogens (tertiary/aromatic N) is 2. The quantitative estimate of drug-likeness (QED) is 0.789. The van der Waals surface area contributed by atoms with Crippen molar-refractivity contribution in [3.05, 3.63) is 54.1 Å². The summed E-state index contributed by atoms with van der Waals surface area (Å²) in [5, 5.41) is 9.78. The first-order chi connectivity index (χ1) is 9.66. The summed E-state index contributed by atoms with van der Waals surface area (Å²) in [4.78, 5) is 4.75. The standard InChI is InChI=1S/C17H18N2O/c1-12-7-3-4-8-14(12)17-18-15-9-5-6-10-16(15)19(17)11-13(2)20/h3-10,13,20H,11H2,1-2H3. The van der Waals surface area contributed by atoms with Gasteiger partial charge in [0.15, 0.2) is 0 Å². The molecule has 0 aliphatic carbocycles. The van der Waals surface area contributed by atoms with Crippen molar-refractivity contribution >= 4 is 11.0 Å². The second kappa shape index (κ2) is 5.10. The van der Waals surface area contributed by atoms with Gasteiger partial charge in [0.25, 0.3) is 0 Å². The van der Waals surface area contributed by atoms with Crippen molar-refractivity contribution in [2.24, 2.45) is 0 Å². The zero-order chi connectivity index (χ0) is 14.1. The second-order valence-electron chi connectivity index (χ2n) is 5.20. The van der Waals surface area contributed by atoms with Crippen molar-refractivity contribution in [1.29, 1.82) is 0 Å². The lowest BCUT2D eigenvalue weighted by molar-refractivity contribution is 0.175. The van der Waals surface area contributed by atoms with E-state index < -0.39 is 6.10 Å². The monoisotopic (exact) mass is 266 g/mol. The van der Waals surface area contributed by atoms with E-state index in [2.05, 4.69) is 23.6 Å². The van der Waals surface area contributed by atoms with E-state index in [-0.39, 0.29) is 0 Å². The Kier molecular flexibility index (Phi) is 3.28. The number of aromatic nitrogens is 2. The molecule has 2 aromatic carbocycles. The van der Waals surface area contributed by atoms with E-state index in [0.717, 1.165) is 22.4 Å². The van der Waals surface area contributed by atoms with E-state index in [1.807, 2.05) is 36.4 Å². The van der Waals surface area contributed by atoms with Crippen molar-refractivity contribution < 1.29 is 5.11 Å². The minimum absolute atomic E-state index is 0.407. The van der Waals surface area contributed by atoms with Crippen LogP contribution in [0.3, 0.4) is 0 Å². The Balaban J connectivity index is 2.26. The first-order valence-corrected chi connectivity index (χ1v) is 6.86. The van der Waals surface area contributed by atoms with Crippen LogP contribution in [0.15, 0.2) is 48.5 Å². The summed E-state index contributed by atoms with van der Waals surface area (Å²) in [6.07, 6.45) is -0.407. The van der Waals surface area contributed by atoms with Crippen LogP contribution >= 0.6 is 0 Å². The number of para-hydroxylation sites is 2. The Labute approximate surface area is 118 Å². The number of aliphatic hydroxyl groups excluding tert-OH is 1. The maximum atomic E-state index is 9.78. The fourth-order valence-electron chi connectivity index (χ4n) is 2.55. The Hall–Kier alpha value is -2.13. The van der Waals surface area contributed by atoms with E-state index in [1.165, 1.54) is 5.56 Å². The fourth-order valence-corrected chi connectivity index (χ4v) is 2.55. The van der Waals surface area contributed by atoms with Crippen LogP contribution in [0.1, 0.15) is 12.5 Å². The van der Waals surface area contributed by atoms with Gasteiger partial charge in [-0.15, -0.1) is 0 Å². The predicted molar refractivity (Wildman–Crippen MR) is 81.6 cm³/mol. The topological polar surface area (TPSA) is 38.0 Å². The Bertz CT molecular complexity index is 744. The summed E-state index contributed by atoms with van der Waals surface area (Å²) < 4.78 is 2.10. The Morgan fingerprint density at radius 2 is 1.80 bits per heavy atom. The fraction of sp³-hybridized carbons (Fsp3) is 0.235. The molecular weight excluding hydrogens is 248 g/mol. The molecule has 20 heavy (non-hydrogen) atoms. The number of aryl methyl sites for hydroxylation is 1. The summed E-state index contributed by atoms with van der Waals surface area (Å²) in [5.74, 6) is 0.921. The van der Waals surface area contributed by atoms with Crippen LogP contribution in [0.25, 0.3) is 22.4 Å². The largest absolute Gasteiger partial charge is 0.392 e. The van der Waals surface area contributed by atoms with E-state index in [4.69, 9.17) is 4.98 Å². The highest BCUT2D eigenvalue weighted by Gasteiger charge is 2.14. The van der Waals surface area contributed by atoms with Crippen LogP contribution in [0.2, 0.25) is 0 Å². The molecule has 0 saturated heterocycles. The minimum atomic E-state index is -0.407. The predicted octanol–water partition coefficient (Wildman–Crippen LogP) is 3.39. The summed E-state index contributed by atoms with van der Waals surface area (Å²) in [6, 6.07) is 16.3. The van der Waals surface area contributed by atoms with Gasteiger partial charge in [-0.3, -0.25) is 0 Å². The molecular formula is C17H18N2O. The van der Waals surface area contributed by atoms with Crippen molar-refractivity contribution in [2.75, 3.05) is 0 Å². The number of aliphatic hydroxyl groups is 1. The van der Waals surface area contributed by atoms with Crippen LogP contribution < -0.4 is 0 Å². The van der Waals surface area contributed by atoms with E-state index in [0.29, 0.717) is 6.54 Å². The molecule has 0 radical (unpaired) electrons. The molecule has 1 unspecified atom stereocenters. The van der Waals surface area contributed by atoms with Gasteiger partial charge in [0.1, 0.15) is 5.82 Å². The molecule has 0 amide bonds. The van der Waals surface area contributed by atoms with Gasteiger partial charge in [-0.05, 0) is 31.5 Å². The van der Waals surface area contributed by atoms with Crippen LogP contribution in [0.4, 0.5) is 0 Å². The van der Waals surface area contributed by atoms with Gasteiger partial charge >= 0.3 is 0 Å². The van der Waals surface area contributed by atoms with E-state index in [9.17, 15) is 5.11 Å². The summed E-state index contributed by atoms with van der Waals surface area (Å²) in [6.45, 7) is 4.43. The van der Waals surface area contributed by atoms with Gasteiger partial charge in [-0.1, -0.05) is 36.4 Å². The summed E-state index contributed by atoms with van der Waals surface area (Å²) in [7, 11) is 0. The van der Waals surface area contributed by atoms with Crippen molar-refractivity contribution in [1.82, 2.24) is 9.55 Å². The molecule has 0 aliphatic heterocycles. The normalized spacial score (nSPS) is 12.8. The molecule has 3 rings (SSSR count). The molecule has 3 nitrogen and oxygen atoms in total. The highest BCUT2D eigenvalue weighted by atomic mass is 16.3. The van der Waals surface area contributed by atoms with Gasteiger partial charge in [-0.2, -0.15) is 0 Å². The molecule has 0 bridgehead atoms. The highest BCUT2D eigenvalue weighted by Crippen LogP contribution is 2.27. The van der Waals surface area contributed by atoms with Gasteiger partial charge < -0.3 is 9.67 Å². The lowest BCUT2D eigenvalue weighted by atomic mass is 10.1. The van der Waals surface area contributed by atoms with Crippen molar-refractivity contribution in [2.45, 2.75) is 26.5 Å². The molecule has 1 heterocycles. The van der Waals surface area contributed by atoms with Gasteiger partial charge in [-0.25, -0.2) is 4.98 Å². The van der Waals surface area contributed by atoms with E-state index in [1.54, 1.807) is 6.92 Å². The Morgan fingerprint density at radius 1 is 1.10 bits per heavy atom. The van der Waals surface area contributed by atoms with Gasteiger partial charge in [0.05, 0.1) is 23.7 Å². The van der Waals surface area contributed by atoms with Crippen molar-refractivity contribution in [3.8, 4) is 11.4 Å². The summed E-state index contributed by atoms with van der Waals surface area (Å²) in [5.41, 5.74) is 4.33. The van der Waals surface area contributed by atoms with Crippen LogP contribution in [-0.4, -0.2) is 20.8 Å². The lowest BCUT2D eigenvalue weighted by Gasteiger charge is -2.12. The third-order valence-corrected chi connectivity index (χ3v) is 3.49. The molecule has 3 aromatic rings. The van der Waals surface area contributed by atoms with Crippen LogP contribution in [0.5, 0.6) is 0 Å². The van der Waals surface area contributed by atoms with Crippen molar-refractivity contribution in [3.63, 3.8) is 0 Å². The highest BCUT2D eigenvalue weighted by molar-refractivity contribution is 5.81. The number of rotatable bonds is 3. The molecule has 1 atom stereocenters. The van der Waals surface area contributed by atoms with Gasteiger partial charge in [0, 0.05) is 5.56 Å². The maximum Gasteiger partial charge on any atom is 0.141 e. The lowest BCUT2D eigenvalue weighted by Crippen LogP contribution is -2.13. The molecule has 1 N–H and O–H groups in total. The number of benzene rings is 2. The number of imidazole rings is 1. The first kappa shape index (κ1) is 12.9.